The van der Waals surface area contributed by atoms with Gasteiger partial charge in [0.1, 0.15) is 11.6 Å². The Hall–Kier alpha value is -2.95. The molecule has 0 saturated heterocycles. The molecule has 1 fully saturated rings. The lowest BCUT2D eigenvalue weighted by Gasteiger charge is -2.22. The van der Waals surface area contributed by atoms with Crippen molar-refractivity contribution in [2.45, 2.75) is 64.4 Å². The van der Waals surface area contributed by atoms with Crippen LogP contribution >= 0.6 is 0 Å². The number of hydrogen-bond donors (Lipinski definition) is 0. The van der Waals surface area contributed by atoms with E-state index >= 15 is 0 Å². The lowest BCUT2D eigenvalue weighted by atomic mass is 9.88. The van der Waals surface area contributed by atoms with Crippen molar-refractivity contribution in [2.24, 2.45) is 5.10 Å². The summed E-state index contributed by atoms with van der Waals surface area (Å²) in [5.74, 6) is 1.81. The van der Waals surface area contributed by atoms with Gasteiger partial charge in [-0.3, -0.25) is 4.79 Å². The topological polar surface area (TPSA) is 56.5 Å². The molecule has 156 valence electrons. The normalized spacial score (nSPS) is 16.2. The number of hydrogen-bond acceptors (Lipinski definition) is 4. The van der Waals surface area contributed by atoms with Gasteiger partial charge in [0.25, 0.3) is 5.56 Å². The van der Waals surface area contributed by atoms with E-state index in [9.17, 15) is 4.79 Å². The first-order valence-electron chi connectivity index (χ1n) is 11.0. The van der Waals surface area contributed by atoms with E-state index in [1.165, 1.54) is 23.9 Å². The molecule has 1 aliphatic carbocycles. The summed E-state index contributed by atoms with van der Waals surface area (Å²) in [5, 5.41) is 5.23. The van der Waals surface area contributed by atoms with Gasteiger partial charge in [-0.25, -0.2) is 4.98 Å². The number of nitrogens with zero attached hydrogens (tertiary/aromatic N) is 3. The Morgan fingerprint density at radius 1 is 1.13 bits per heavy atom. The predicted molar refractivity (Wildman–Crippen MR) is 122 cm³/mol. The van der Waals surface area contributed by atoms with Crippen molar-refractivity contribution in [3.63, 3.8) is 0 Å². The standard InChI is InChI=1S/C25H29N3O2/c1-3-18(2)30-23-16-10-7-13-20(23)17-26-28-24(19-11-5-4-6-12-19)27-22-15-9-8-14-21(22)25(28)29/h7-10,13-19H,3-6,11-12H2,1-2H3/t18-/m0/s1. The van der Waals surface area contributed by atoms with Gasteiger partial charge in [-0.05, 0) is 50.5 Å². The number of para-hydroxylation sites is 2. The van der Waals surface area contributed by atoms with Crippen LogP contribution < -0.4 is 10.3 Å². The highest BCUT2D eigenvalue weighted by Gasteiger charge is 2.22. The SMILES string of the molecule is CC[C@H](C)Oc1ccccc1C=Nn1c(C2CCCCC2)nc2ccccc2c1=O. The molecule has 1 atom stereocenters. The summed E-state index contributed by atoms with van der Waals surface area (Å²) in [5.41, 5.74) is 1.49. The van der Waals surface area contributed by atoms with Crippen LogP contribution in [-0.2, 0) is 0 Å². The molecule has 4 rings (SSSR count). The summed E-state index contributed by atoms with van der Waals surface area (Å²) in [6.45, 7) is 4.14. The second-order valence-electron chi connectivity index (χ2n) is 8.06. The molecule has 0 unspecified atom stereocenters. The van der Waals surface area contributed by atoms with Gasteiger partial charge in [0.05, 0.1) is 23.2 Å². The molecular weight excluding hydrogens is 374 g/mol. The van der Waals surface area contributed by atoms with Crippen molar-refractivity contribution in [1.29, 1.82) is 0 Å². The number of aromatic nitrogens is 2. The second-order valence-corrected chi connectivity index (χ2v) is 8.06. The molecule has 5 nitrogen and oxygen atoms in total. The lowest BCUT2D eigenvalue weighted by molar-refractivity contribution is 0.217. The van der Waals surface area contributed by atoms with Crippen molar-refractivity contribution in [1.82, 2.24) is 9.66 Å². The Balaban J connectivity index is 1.78. The number of benzene rings is 2. The zero-order valence-electron chi connectivity index (χ0n) is 17.8. The van der Waals surface area contributed by atoms with Gasteiger partial charge in [0.2, 0.25) is 0 Å². The number of fused-ring (bicyclic) bond motifs is 1. The van der Waals surface area contributed by atoms with Crippen LogP contribution in [0, 0.1) is 0 Å². The summed E-state index contributed by atoms with van der Waals surface area (Å²) in [7, 11) is 0. The second kappa shape index (κ2) is 9.24. The Morgan fingerprint density at radius 2 is 1.87 bits per heavy atom. The zero-order valence-corrected chi connectivity index (χ0v) is 17.8. The molecule has 1 heterocycles. The highest BCUT2D eigenvalue weighted by atomic mass is 16.5. The maximum Gasteiger partial charge on any atom is 0.282 e. The molecule has 2 aromatic carbocycles. The average molecular weight is 404 g/mol. The van der Waals surface area contributed by atoms with Crippen LogP contribution in [0.25, 0.3) is 10.9 Å². The smallest absolute Gasteiger partial charge is 0.282 e. The van der Waals surface area contributed by atoms with Crippen molar-refractivity contribution in [2.75, 3.05) is 0 Å². The fourth-order valence-electron chi connectivity index (χ4n) is 3.99. The highest BCUT2D eigenvalue weighted by Crippen LogP contribution is 2.31. The van der Waals surface area contributed by atoms with E-state index < -0.39 is 0 Å². The van der Waals surface area contributed by atoms with Gasteiger partial charge in [-0.15, -0.1) is 0 Å². The molecule has 0 bridgehead atoms. The minimum absolute atomic E-state index is 0.113. The molecule has 3 aromatic rings. The van der Waals surface area contributed by atoms with Crippen molar-refractivity contribution >= 4 is 17.1 Å². The molecule has 1 aromatic heterocycles. The molecule has 5 heteroatoms. The molecular formula is C25H29N3O2. The predicted octanol–water partition coefficient (Wildman–Crippen LogP) is 5.50. The van der Waals surface area contributed by atoms with E-state index in [4.69, 9.17) is 9.72 Å². The average Bonchev–Trinajstić information content (AvgIpc) is 2.79. The fraction of sp³-hybridized carbons (Fsp3) is 0.400. The zero-order chi connectivity index (χ0) is 20.9. The minimum atomic E-state index is -0.113. The summed E-state index contributed by atoms with van der Waals surface area (Å²) in [6.07, 6.45) is 8.45. The first-order valence-corrected chi connectivity index (χ1v) is 11.0. The molecule has 1 saturated carbocycles. The molecule has 1 aliphatic rings. The van der Waals surface area contributed by atoms with Crippen LogP contribution in [-0.4, -0.2) is 22.0 Å². The van der Waals surface area contributed by atoms with E-state index in [0.29, 0.717) is 5.39 Å². The third-order valence-electron chi connectivity index (χ3n) is 5.88. The Morgan fingerprint density at radius 3 is 2.67 bits per heavy atom. The summed E-state index contributed by atoms with van der Waals surface area (Å²) < 4.78 is 7.55. The van der Waals surface area contributed by atoms with Gasteiger partial charge in [-0.1, -0.05) is 50.5 Å². The molecule has 0 spiro atoms. The molecule has 0 N–H and O–H groups in total. The van der Waals surface area contributed by atoms with Crippen molar-refractivity contribution in [3.05, 3.63) is 70.3 Å². The van der Waals surface area contributed by atoms with E-state index in [-0.39, 0.29) is 17.6 Å². The monoisotopic (exact) mass is 403 g/mol. The first-order chi connectivity index (χ1) is 14.7. The van der Waals surface area contributed by atoms with Crippen molar-refractivity contribution in [3.8, 4) is 5.75 Å². The Labute approximate surface area is 177 Å². The number of ether oxygens (including phenoxy) is 1. The van der Waals surface area contributed by atoms with Gasteiger partial charge >= 0.3 is 0 Å². The molecule has 0 amide bonds. The molecule has 0 radical (unpaired) electrons. The fourth-order valence-corrected chi connectivity index (χ4v) is 3.99. The van der Waals surface area contributed by atoms with E-state index in [1.807, 2.05) is 55.5 Å². The molecule has 0 aliphatic heterocycles. The lowest BCUT2D eigenvalue weighted by Crippen LogP contribution is -2.25. The van der Waals surface area contributed by atoms with Crippen LogP contribution in [0.1, 0.15) is 69.7 Å². The van der Waals surface area contributed by atoms with Gasteiger partial charge in [0.15, 0.2) is 0 Å². The Kier molecular flexibility index (Phi) is 6.26. The van der Waals surface area contributed by atoms with Crippen LogP contribution in [0.15, 0.2) is 58.4 Å². The maximum absolute atomic E-state index is 13.3. The van der Waals surface area contributed by atoms with Crippen LogP contribution in [0.2, 0.25) is 0 Å². The van der Waals surface area contributed by atoms with E-state index in [2.05, 4.69) is 12.0 Å². The maximum atomic E-state index is 13.3. The highest BCUT2D eigenvalue weighted by molar-refractivity contribution is 5.83. The quantitative estimate of drug-likeness (QED) is 0.510. The van der Waals surface area contributed by atoms with E-state index in [1.54, 1.807) is 6.21 Å². The van der Waals surface area contributed by atoms with Crippen LogP contribution in [0.4, 0.5) is 0 Å². The molecule has 30 heavy (non-hydrogen) atoms. The third-order valence-corrected chi connectivity index (χ3v) is 5.88. The van der Waals surface area contributed by atoms with E-state index in [0.717, 1.165) is 41.9 Å². The number of rotatable bonds is 6. The largest absolute Gasteiger partial charge is 0.490 e. The van der Waals surface area contributed by atoms with Crippen molar-refractivity contribution < 1.29 is 4.74 Å². The summed E-state index contributed by atoms with van der Waals surface area (Å²) >= 11 is 0. The third kappa shape index (κ3) is 4.30. The van der Waals surface area contributed by atoms with Gasteiger partial charge in [-0.2, -0.15) is 9.78 Å². The Bertz CT molecular complexity index is 1100. The summed E-state index contributed by atoms with van der Waals surface area (Å²) in [6, 6.07) is 15.3. The first kappa shape index (κ1) is 20.3. The summed E-state index contributed by atoms with van der Waals surface area (Å²) in [4.78, 5) is 18.2. The minimum Gasteiger partial charge on any atom is -0.490 e. The van der Waals surface area contributed by atoms with Crippen LogP contribution in [0.5, 0.6) is 5.75 Å². The van der Waals surface area contributed by atoms with Gasteiger partial charge < -0.3 is 4.74 Å². The van der Waals surface area contributed by atoms with Crippen LogP contribution in [0.3, 0.4) is 0 Å². The van der Waals surface area contributed by atoms with Gasteiger partial charge in [0, 0.05) is 11.5 Å².